The molecule has 0 aliphatic heterocycles. The van der Waals surface area contributed by atoms with E-state index in [1.807, 2.05) is 0 Å². The fraction of sp³-hybridized carbons (Fsp3) is 0.105. The number of carbonyl (C=O) groups is 1. The van der Waals surface area contributed by atoms with E-state index in [9.17, 15) is 35.0 Å². The molecule has 0 atom stereocenters. The minimum atomic E-state index is -4.82. The molecule has 1 heterocycles. The van der Waals surface area contributed by atoms with Crippen molar-refractivity contribution in [2.45, 2.75) is 11.8 Å². The van der Waals surface area contributed by atoms with Crippen molar-refractivity contribution in [2.24, 2.45) is 10.2 Å². The van der Waals surface area contributed by atoms with Gasteiger partial charge in [0.25, 0.3) is 20.2 Å². The normalized spacial score (nSPS) is 11.9. The minimum Gasteiger partial charge on any atom is -0.370 e. The highest BCUT2D eigenvalue weighted by Gasteiger charge is 2.18. The van der Waals surface area contributed by atoms with Gasteiger partial charge in [0.05, 0.1) is 5.69 Å². The van der Waals surface area contributed by atoms with Gasteiger partial charge < -0.3 is 16.0 Å². The molecule has 2 aromatic carbocycles. The van der Waals surface area contributed by atoms with Gasteiger partial charge >= 0.3 is 6.08 Å². The number of benzene rings is 2. The van der Waals surface area contributed by atoms with E-state index in [4.69, 9.17) is 16.2 Å². The van der Waals surface area contributed by atoms with E-state index in [-0.39, 0.29) is 22.7 Å². The van der Waals surface area contributed by atoms with Gasteiger partial charge in [-0.15, -0.1) is 10.2 Å². The van der Waals surface area contributed by atoms with Crippen LogP contribution in [0, 0.1) is 12.0 Å². The van der Waals surface area contributed by atoms with Crippen LogP contribution in [-0.4, -0.2) is 47.7 Å². The summed E-state index contributed by atoms with van der Waals surface area (Å²) in [6.07, 6.45) is -1.43. The van der Waals surface area contributed by atoms with Crippen LogP contribution in [0.15, 0.2) is 51.5 Å². The Morgan fingerprint density at radius 2 is 1.66 bits per heavy atom. The smallest absolute Gasteiger partial charge is 0.313 e. The van der Waals surface area contributed by atoms with Crippen molar-refractivity contribution in [3.63, 3.8) is 0 Å². The third-order valence-electron chi connectivity index (χ3n) is 4.31. The molecule has 0 spiro atoms. The summed E-state index contributed by atoms with van der Waals surface area (Å²) in [5.74, 6) is -3.20. The first-order valence-electron chi connectivity index (χ1n) is 9.92. The zero-order valence-electron chi connectivity index (χ0n) is 18.8. The van der Waals surface area contributed by atoms with Gasteiger partial charge in [-0.2, -0.15) is 35.6 Å². The number of hydrogen-bond acceptors (Lipinski definition) is 11. The van der Waals surface area contributed by atoms with Crippen LogP contribution in [0.25, 0.3) is 0 Å². The molecule has 0 aliphatic rings. The number of hydrogen-bond donors (Lipinski definition) is 5. The lowest BCUT2D eigenvalue weighted by molar-refractivity contribution is -0.114. The lowest BCUT2D eigenvalue weighted by atomic mass is 10.2. The van der Waals surface area contributed by atoms with E-state index in [1.54, 1.807) is 0 Å². The molecule has 0 aliphatic carbocycles. The fourth-order valence-corrected chi connectivity index (χ4v) is 3.90. The van der Waals surface area contributed by atoms with Gasteiger partial charge in [-0.05, 0) is 36.4 Å². The molecule has 3 aromatic rings. The number of halogens is 3. The molecule has 14 nitrogen and oxygen atoms in total. The number of nitrogens with one attached hydrogen (secondary N) is 3. The van der Waals surface area contributed by atoms with Crippen molar-refractivity contribution in [1.82, 2.24) is 9.97 Å². The van der Waals surface area contributed by atoms with Crippen LogP contribution in [0.3, 0.4) is 0 Å². The average molecular weight is 592 g/mol. The monoisotopic (exact) mass is 591 g/mol. The second-order valence-electron chi connectivity index (χ2n) is 7.24. The number of carbonyl (C=O) groups excluding carboxylic acids is 1. The molecule has 0 saturated carbocycles. The minimum absolute atomic E-state index is 0.0161. The van der Waals surface area contributed by atoms with E-state index < -0.39 is 65.5 Å². The SMILES string of the molecule is CC(=O)Nc1cc(NCS(=O)(=O)O)ccc1/N=N/c1cc(Nc2nc(F)nc(F)c2Cl)ccc1S(=O)(=O)O. The standard InChI is InChI=1S/C19H16ClF2N7O7S2/c1-9(30)24-13-6-10(23-8-37(31,32)33)2-4-12(13)28-29-14-7-11(3-5-15(14)38(34,35)36)25-18-16(20)17(21)26-19(22)27-18/h2-7,23H,8H2,1H3,(H,24,30)(H,25,26,27)(H,31,32,33)(H,34,35,36)/b29-28+. The van der Waals surface area contributed by atoms with Gasteiger partial charge in [0.2, 0.25) is 11.9 Å². The van der Waals surface area contributed by atoms with Gasteiger partial charge in [0.1, 0.15) is 27.2 Å². The maximum atomic E-state index is 13.6. The molecule has 3 rings (SSSR count). The first kappa shape index (κ1) is 28.7. The molecule has 0 radical (unpaired) electrons. The van der Waals surface area contributed by atoms with Gasteiger partial charge in [-0.25, -0.2) is 0 Å². The van der Waals surface area contributed by atoms with Crippen LogP contribution in [0.1, 0.15) is 6.92 Å². The molecule has 0 fully saturated rings. The summed E-state index contributed by atoms with van der Waals surface area (Å²) in [6, 6.07) is 6.96. The summed E-state index contributed by atoms with van der Waals surface area (Å²) in [6.45, 7) is 1.18. The number of azo groups is 1. The van der Waals surface area contributed by atoms with E-state index in [1.165, 1.54) is 25.1 Å². The van der Waals surface area contributed by atoms with Gasteiger partial charge in [-0.1, -0.05) is 11.6 Å². The van der Waals surface area contributed by atoms with Crippen LogP contribution >= 0.6 is 11.6 Å². The highest BCUT2D eigenvalue weighted by molar-refractivity contribution is 7.86. The van der Waals surface area contributed by atoms with E-state index in [0.29, 0.717) is 0 Å². The number of rotatable bonds is 9. The van der Waals surface area contributed by atoms with E-state index >= 15 is 0 Å². The molecule has 5 N–H and O–H groups in total. The number of amides is 1. The average Bonchev–Trinajstić information content (AvgIpc) is 2.79. The Morgan fingerprint density at radius 1 is 1.00 bits per heavy atom. The third kappa shape index (κ3) is 7.83. The van der Waals surface area contributed by atoms with Gasteiger partial charge in [0.15, 0.2) is 5.82 Å². The van der Waals surface area contributed by atoms with Crippen LogP contribution < -0.4 is 16.0 Å². The summed E-state index contributed by atoms with van der Waals surface area (Å²) in [4.78, 5) is 17.1. The Balaban J connectivity index is 2.02. The molecule has 0 unspecified atom stereocenters. The lowest BCUT2D eigenvalue weighted by Crippen LogP contribution is -2.13. The summed E-state index contributed by atoms with van der Waals surface area (Å²) < 4.78 is 91.1. The summed E-state index contributed by atoms with van der Waals surface area (Å²) in [5.41, 5.74) is -0.303. The second kappa shape index (κ2) is 11.3. The first-order chi connectivity index (χ1) is 17.6. The molecule has 202 valence electrons. The molecular formula is C19H16ClF2N7O7S2. The number of nitrogens with zero attached hydrogens (tertiary/aromatic N) is 4. The topological polar surface area (TPSA) is 212 Å². The van der Waals surface area contributed by atoms with E-state index in [0.717, 1.165) is 18.2 Å². The maximum Gasteiger partial charge on any atom is 0.313 e. The highest BCUT2D eigenvalue weighted by Crippen LogP contribution is 2.34. The fourth-order valence-electron chi connectivity index (χ4n) is 2.81. The highest BCUT2D eigenvalue weighted by atomic mass is 35.5. The number of aromatic nitrogens is 2. The Hall–Kier alpha value is -3.84. The van der Waals surface area contributed by atoms with Crippen molar-refractivity contribution in [1.29, 1.82) is 0 Å². The second-order valence-corrected chi connectivity index (χ2v) is 10.5. The van der Waals surface area contributed by atoms with Gasteiger partial charge in [-0.3, -0.25) is 13.9 Å². The Kier molecular flexibility index (Phi) is 8.52. The number of anilines is 4. The Labute approximate surface area is 218 Å². The molecular weight excluding hydrogens is 576 g/mol. The molecule has 1 amide bonds. The molecule has 0 bridgehead atoms. The quantitative estimate of drug-likeness (QED) is 0.104. The zero-order valence-corrected chi connectivity index (χ0v) is 21.2. The third-order valence-corrected chi connectivity index (χ3v) is 6.06. The maximum absolute atomic E-state index is 13.6. The van der Waals surface area contributed by atoms with Crippen LogP contribution in [0.2, 0.25) is 5.02 Å². The molecule has 0 saturated heterocycles. The summed E-state index contributed by atoms with van der Waals surface area (Å²) in [5, 5.41) is 14.4. The first-order valence-corrected chi connectivity index (χ1v) is 13.3. The Morgan fingerprint density at radius 3 is 2.29 bits per heavy atom. The molecule has 19 heteroatoms. The van der Waals surface area contributed by atoms with Gasteiger partial charge in [0, 0.05) is 18.3 Å². The van der Waals surface area contributed by atoms with Crippen LogP contribution in [0.5, 0.6) is 0 Å². The van der Waals surface area contributed by atoms with Crippen molar-refractivity contribution in [3.8, 4) is 0 Å². The molecule has 38 heavy (non-hydrogen) atoms. The van der Waals surface area contributed by atoms with Crippen LogP contribution in [-0.2, 0) is 25.0 Å². The van der Waals surface area contributed by atoms with Crippen molar-refractivity contribution in [3.05, 3.63) is 53.4 Å². The van der Waals surface area contributed by atoms with Crippen molar-refractivity contribution < 1.29 is 39.5 Å². The van der Waals surface area contributed by atoms with Crippen molar-refractivity contribution in [2.75, 3.05) is 21.8 Å². The summed E-state index contributed by atoms with van der Waals surface area (Å²) >= 11 is 5.73. The van der Waals surface area contributed by atoms with Crippen LogP contribution in [0.4, 0.5) is 43.0 Å². The predicted octanol–water partition coefficient (Wildman–Crippen LogP) is 4.03. The predicted molar refractivity (Wildman–Crippen MR) is 131 cm³/mol. The zero-order chi connectivity index (χ0) is 28.3. The van der Waals surface area contributed by atoms with E-state index in [2.05, 4.69) is 36.1 Å². The summed E-state index contributed by atoms with van der Waals surface area (Å²) in [7, 11) is -9.17. The lowest BCUT2D eigenvalue weighted by Gasteiger charge is -2.11. The largest absolute Gasteiger partial charge is 0.370 e. The Bertz CT molecular complexity index is 1660. The molecule has 1 aromatic heterocycles. The van der Waals surface area contributed by atoms with Crippen molar-refractivity contribution >= 4 is 72.0 Å².